The quantitative estimate of drug-likeness (QED) is 0.620. The molecule has 1 saturated heterocycles. The minimum atomic E-state index is -3.64. The third-order valence-electron chi connectivity index (χ3n) is 4.68. The van der Waals surface area contributed by atoms with Crippen LogP contribution in [-0.2, 0) is 14.8 Å². The van der Waals surface area contributed by atoms with Gasteiger partial charge < -0.3 is 14.8 Å². The number of anilines is 2. The van der Waals surface area contributed by atoms with Crippen molar-refractivity contribution in [3.63, 3.8) is 0 Å². The van der Waals surface area contributed by atoms with Crippen molar-refractivity contribution in [3.8, 4) is 5.75 Å². The monoisotopic (exact) mass is 446 g/mol. The van der Waals surface area contributed by atoms with E-state index in [9.17, 15) is 8.42 Å². The number of rotatable bonds is 6. The normalized spacial score (nSPS) is 17.6. The Morgan fingerprint density at radius 2 is 2.03 bits per heavy atom. The number of aryl methyl sites for hydroxylation is 1. The van der Waals surface area contributed by atoms with E-state index >= 15 is 0 Å². The summed E-state index contributed by atoms with van der Waals surface area (Å²) in [4.78, 5) is 10.2. The van der Waals surface area contributed by atoms with Gasteiger partial charge in [-0.1, -0.05) is 6.07 Å². The lowest BCUT2D eigenvalue weighted by atomic mass is 10.2. The van der Waals surface area contributed by atoms with Crippen LogP contribution in [0.5, 0.6) is 5.75 Å². The highest BCUT2D eigenvalue weighted by Gasteiger charge is 2.32. The summed E-state index contributed by atoms with van der Waals surface area (Å²) in [5.74, 6) is 1.25. The Morgan fingerprint density at radius 1 is 1.23 bits per heavy atom. The predicted molar refractivity (Wildman–Crippen MR) is 115 cm³/mol. The Hall–Kier alpha value is -2.53. The molecule has 0 bridgehead atoms. The van der Waals surface area contributed by atoms with Gasteiger partial charge in [0.2, 0.25) is 10.0 Å². The number of hydrogen-bond acceptors (Lipinski definition) is 8. The molecular formula is C20H22N4O4S2. The number of morpholine rings is 1. The Bertz CT molecular complexity index is 1120. The highest BCUT2D eigenvalue weighted by molar-refractivity contribution is 7.89. The number of pyridine rings is 1. The lowest BCUT2D eigenvalue weighted by Crippen LogP contribution is -2.42. The van der Waals surface area contributed by atoms with E-state index in [4.69, 9.17) is 9.47 Å². The summed E-state index contributed by atoms with van der Waals surface area (Å²) in [5.41, 5.74) is 0.669. The average molecular weight is 447 g/mol. The average Bonchev–Trinajstić information content (AvgIpc) is 3.18. The fourth-order valence-electron chi connectivity index (χ4n) is 3.14. The van der Waals surface area contributed by atoms with Gasteiger partial charge in [-0.15, -0.1) is 11.3 Å². The molecular weight excluding hydrogens is 424 g/mol. The van der Waals surface area contributed by atoms with Crippen LogP contribution in [0.2, 0.25) is 0 Å². The number of methoxy groups -OCH3 is 1. The number of aromatic nitrogens is 2. The van der Waals surface area contributed by atoms with E-state index in [0.717, 1.165) is 10.0 Å². The zero-order chi connectivity index (χ0) is 21.1. The van der Waals surface area contributed by atoms with Gasteiger partial charge in [0, 0.05) is 24.2 Å². The number of hydrogen-bond donors (Lipinski definition) is 1. The second-order valence-electron chi connectivity index (χ2n) is 6.75. The van der Waals surface area contributed by atoms with Crippen molar-refractivity contribution < 1.29 is 17.9 Å². The molecule has 1 aromatic carbocycles. The van der Waals surface area contributed by atoms with E-state index in [0.29, 0.717) is 30.4 Å². The number of sulfonamides is 1. The highest BCUT2D eigenvalue weighted by atomic mass is 32.2. The molecule has 0 spiro atoms. The van der Waals surface area contributed by atoms with Crippen LogP contribution < -0.4 is 10.1 Å². The van der Waals surface area contributed by atoms with Crippen LogP contribution in [0.15, 0.2) is 53.6 Å². The van der Waals surface area contributed by atoms with E-state index in [1.54, 1.807) is 37.6 Å². The minimum absolute atomic E-state index is 0.196. The number of ether oxygens (including phenoxy) is 2. The maximum absolute atomic E-state index is 13.1. The summed E-state index contributed by atoms with van der Waals surface area (Å²) in [6, 6.07) is 11.9. The second-order valence-corrected chi connectivity index (χ2v) is 9.92. The SMILES string of the molecule is COc1ccc(S(=O)(=O)N2CCOC(c3cccc(Nc4ncc(C)s4)n3)C2)cc1. The van der Waals surface area contributed by atoms with Crippen molar-refractivity contribution in [2.75, 3.05) is 32.1 Å². The first-order valence-electron chi connectivity index (χ1n) is 9.38. The maximum atomic E-state index is 13.1. The van der Waals surface area contributed by atoms with Crippen LogP contribution in [0.3, 0.4) is 0 Å². The van der Waals surface area contributed by atoms with Gasteiger partial charge in [0.25, 0.3) is 0 Å². The Kier molecular flexibility index (Phi) is 6.00. The van der Waals surface area contributed by atoms with Crippen molar-refractivity contribution in [2.24, 2.45) is 0 Å². The van der Waals surface area contributed by atoms with Gasteiger partial charge >= 0.3 is 0 Å². The van der Waals surface area contributed by atoms with Crippen LogP contribution in [0, 0.1) is 6.92 Å². The van der Waals surface area contributed by atoms with Crippen LogP contribution >= 0.6 is 11.3 Å². The van der Waals surface area contributed by atoms with E-state index in [1.807, 2.05) is 25.1 Å². The Labute approximate surface area is 179 Å². The molecule has 158 valence electrons. The van der Waals surface area contributed by atoms with Gasteiger partial charge in [-0.2, -0.15) is 4.31 Å². The third-order valence-corrected chi connectivity index (χ3v) is 7.39. The van der Waals surface area contributed by atoms with Gasteiger partial charge in [-0.25, -0.2) is 18.4 Å². The van der Waals surface area contributed by atoms with Crippen LogP contribution in [-0.4, -0.2) is 49.5 Å². The number of nitrogens with one attached hydrogen (secondary N) is 1. The number of thiazole rings is 1. The summed E-state index contributed by atoms with van der Waals surface area (Å²) >= 11 is 1.54. The van der Waals surface area contributed by atoms with Crippen LogP contribution in [0.25, 0.3) is 0 Å². The zero-order valence-corrected chi connectivity index (χ0v) is 18.2. The lowest BCUT2D eigenvalue weighted by molar-refractivity contribution is -0.00486. The molecule has 1 aliphatic heterocycles. The fraction of sp³-hybridized carbons (Fsp3) is 0.300. The topological polar surface area (TPSA) is 93.7 Å². The summed E-state index contributed by atoms with van der Waals surface area (Å²) in [7, 11) is -2.09. The zero-order valence-electron chi connectivity index (χ0n) is 16.6. The Balaban J connectivity index is 1.51. The molecule has 4 rings (SSSR count). The summed E-state index contributed by atoms with van der Waals surface area (Å²) < 4.78 is 38.5. The second kappa shape index (κ2) is 8.68. The standard InChI is InChI=1S/C20H22N4O4S2/c1-14-12-21-20(29-14)23-19-5-3-4-17(22-19)18-13-24(10-11-28-18)30(25,26)16-8-6-15(27-2)7-9-16/h3-9,12,18H,10-11,13H2,1-2H3,(H,21,22,23). The van der Waals surface area contributed by atoms with Gasteiger partial charge in [0.15, 0.2) is 5.13 Å². The van der Waals surface area contributed by atoms with Gasteiger partial charge in [-0.05, 0) is 43.3 Å². The summed E-state index contributed by atoms with van der Waals surface area (Å²) in [6.07, 6.45) is 1.34. The summed E-state index contributed by atoms with van der Waals surface area (Å²) in [5, 5.41) is 3.93. The molecule has 0 saturated carbocycles. The molecule has 1 N–H and O–H groups in total. The molecule has 3 heterocycles. The lowest BCUT2D eigenvalue weighted by Gasteiger charge is -2.32. The van der Waals surface area contributed by atoms with Gasteiger partial charge in [0.1, 0.15) is 17.7 Å². The molecule has 2 aromatic heterocycles. The number of benzene rings is 1. The van der Waals surface area contributed by atoms with E-state index in [-0.39, 0.29) is 11.4 Å². The predicted octanol–water partition coefficient (Wildman–Crippen LogP) is 3.36. The molecule has 8 nitrogen and oxygen atoms in total. The molecule has 1 unspecified atom stereocenters. The van der Waals surface area contributed by atoms with E-state index < -0.39 is 16.1 Å². The fourth-order valence-corrected chi connectivity index (χ4v) is 5.24. The van der Waals surface area contributed by atoms with Crippen molar-refractivity contribution in [1.82, 2.24) is 14.3 Å². The van der Waals surface area contributed by atoms with Crippen molar-refractivity contribution in [3.05, 3.63) is 59.2 Å². The highest BCUT2D eigenvalue weighted by Crippen LogP contribution is 2.28. The van der Waals surface area contributed by atoms with Crippen molar-refractivity contribution >= 4 is 32.3 Å². The van der Waals surface area contributed by atoms with Crippen LogP contribution in [0.1, 0.15) is 16.7 Å². The van der Waals surface area contributed by atoms with E-state index in [1.165, 1.54) is 15.6 Å². The first kappa shape index (κ1) is 20.7. The molecule has 3 aromatic rings. The largest absolute Gasteiger partial charge is 0.497 e. The third kappa shape index (κ3) is 4.46. The van der Waals surface area contributed by atoms with Crippen molar-refractivity contribution in [2.45, 2.75) is 17.9 Å². The van der Waals surface area contributed by atoms with Gasteiger partial charge in [0.05, 0.1) is 24.3 Å². The molecule has 10 heteroatoms. The molecule has 1 fully saturated rings. The first-order chi connectivity index (χ1) is 14.5. The minimum Gasteiger partial charge on any atom is -0.497 e. The van der Waals surface area contributed by atoms with Crippen molar-refractivity contribution in [1.29, 1.82) is 0 Å². The molecule has 0 radical (unpaired) electrons. The molecule has 0 aliphatic carbocycles. The summed E-state index contributed by atoms with van der Waals surface area (Å²) in [6.45, 7) is 2.77. The molecule has 1 atom stereocenters. The van der Waals surface area contributed by atoms with E-state index in [2.05, 4.69) is 15.3 Å². The molecule has 1 aliphatic rings. The van der Waals surface area contributed by atoms with Crippen LogP contribution in [0.4, 0.5) is 10.9 Å². The molecule has 0 amide bonds. The smallest absolute Gasteiger partial charge is 0.243 e. The first-order valence-corrected chi connectivity index (χ1v) is 11.6. The maximum Gasteiger partial charge on any atom is 0.243 e. The van der Waals surface area contributed by atoms with Gasteiger partial charge in [-0.3, -0.25) is 0 Å². The number of nitrogens with zero attached hydrogens (tertiary/aromatic N) is 3. The Morgan fingerprint density at radius 3 is 2.73 bits per heavy atom. The molecule has 30 heavy (non-hydrogen) atoms.